The summed E-state index contributed by atoms with van der Waals surface area (Å²) in [6.07, 6.45) is 0. The van der Waals surface area contributed by atoms with E-state index in [2.05, 4.69) is 15.6 Å². The molecule has 0 radical (unpaired) electrons. The number of para-hydroxylation sites is 1. The number of thiophene rings is 1. The van der Waals surface area contributed by atoms with Crippen LogP contribution in [-0.2, 0) is 14.8 Å². The largest absolute Gasteiger partial charge is 0.278 e. The molecule has 3 aromatic carbocycles. The monoisotopic (exact) mass is 491 g/mol. The van der Waals surface area contributed by atoms with Gasteiger partial charge in [0.05, 0.1) is 17.2 Å². The van der Waals surface area contributed by atoms with Gasteiger partial charge >= 0.3 is 0 Å². The average Bonchev–Trinajstić information content (AvgIpc) is 3.41. The molecule has 0 saturated carbocycles. The van der Waals surface area contributed by atoms with Crippen LogP contribution in [0.5, 0.6) is 0 Å². The fourth-order valence-electron chi connectivity index (χ4n) is 3.43. The maximum Gasteiger partial charge on any atom is 0.271 e. The van der Waals surface area contributed by atoms with E-state index in [0.717, 1.165) is 22.5 Å². The first kappa shape index (κ1) is 23.2. The highest BCUT2D eigenvalue weighted by Crippen LogP contribution is 2.25. The Morgan fingerprint density at radius 3 is 1.88 bits per heavy atom. The highest BCUT2D eigenvalue weighted by Gasteiger charge is 2.24. The third kappa shape index (κ3) is 5.33. The molecule has 2 amide bonds. The van der Waals surface area contributed by atoms with Crippen molar-refractivity contribution in [2.45, 2.75) is 10.1 Å². The molecule has 9 heteroatoms. The smallest absolute Gasteiger partial charge is 0.271 e. The molecule has 0 aliphatic carbocycles. The van der Waals surface area contributed by atoms with Gasteiger partial charge in [0.1, 0.15) is 4.21 Å². The highest BCUT2D eigenvalue weighted by atomic mass is 32.2. The summed E-state index contributed by atoms with van der Waals surface area (Å²) in [6, 6.07) is 27.7. The molecule has 4 aromatic rings. The van der Waals surface area contributed by atoms with Gasteiger partial charge < -0.3 is 0 Å². The van der Waals surface area contributed by atoms with E-state index in [1.54, 1.807) is 23.6 Å². The Morgan fingerprint density at radius 2 is 1.29 bits per heavy atom. The number of hydrogen-bond acceptors (Lipinski definition) is 5. The molecule has 0 atom stereocenters. The van der Waals surface area contributed by atoms with Crippen molar-refractivity contribution in [3.63, 3.8) is 0 Å². The lowest BCUT2D eigenvalue weighted by atomic mass is 9.91. The maximum atomic E-state index is 13.1. The molecule has 34 heavy (non-hydrogen) atoms. The van der Waals surface area contributed by atoms with Crippen molar-refractivity contribution in [1.82, 2.24) is 10.9 Å². The van der Waals surface area contributed by atoms with Gasteiger partial charge in [-0.1, -0.05) is 78.9 Å². The van der Waals surface area contributed by atoms with Crippen molar-refractivity contribution in [2.75, 3.05) is 4.72 Å². The summed E-state index contributed by atoms with van der Waals surface area (Å²) in [5.41, 5.74) is 6.60. The number of benzene rings is 3. The summed E-state index contributed by atoms with van der Waals surface area (Å²) >= 11 is 1.07. The molecule has 1 heterocycles. The number of rotatable bonds is 7. The molecule has 0 bridgehead atoms. The average molecular weight is 492 g/mol. The Bertz CT molecular complexity index is 1330. The summed E-state index contributed by atoms with van der Waals surface area (Å²) in [7, 11) is -3.84. The first-order valence-electron chi connectivity index (χ1n) is 10.3. The molecule has 0 aliphatic heterocycles. The molecule has 4 rings (SSSR count). The molecule has 0 saturated heterocycles. The number of hydrazine groups is 1. The van der Waals surface area contributed by atoms with Crippen LogP contribution < -0.4 is 15.6 Å². The normalized spacial score (nSPS) is 11.1. The predicted molar refractivity (Wildman–Crippen MR) is 132 cm³/mol. The Hall–Kier alpha value is -3.95. The minimum Gasteiger partial charge on any atom is -0.278 e. The van der Waals surface area contributed by atoms with Gasteiger partial charge in [0.25, 0.3) is 15.9 Å². The van der Waals surface area contributed by atoms with Crippen LogP contribution in [0.15, 0.2) is 107 Å². The minimum absolute atomic E-state index is 0.0684. The fraction of sp³-hybridized carbons (Fsp3) is 0.0400. The SMILES string of the molecule is O=C(NNC(=O)C(c1ccccc1)c1ccccc1)c1ccccc1NS(=O)(=O)c1cccs1. The first-order chi connectivity index (χ1) is 16.5. The van der Waals surface area contributed by atoms with E-state index >= 15 is 0 Å². The number of amides is 2. The second kappa shape index (κ2) is 10.3. The summed E-state index contributed by atoms with van der Waals surface area (Å²) in [5, 5.41) is 1.65. The molecule has 0 spiro atoms. The Morgan fingerprint density at radius 1 is 0.706 bits per heavy atom. The Labute approximate surface area is 201 Å². The van der Waals surface area contributed by atoms with Crippen molar-refractivity contribution in [1.29, 1.82) is 0 Å². The standard InChI is InChI=1S/C25H21N3O4S2/c29-24(20-14-7-8-15-21(20)28-34(31,32)22-16-9-17-33-22)26-27-25(30)23(18-10-3-1-4-11-18)19-12-5-2-6-13-19/h1-17,23,28H,(H,26,29)(H,27,30). The van der Waals surface area contributed by atoms with Crippen molar-refractivity contribution in [3.8, 4) is 0 Å². The summed E-state index contributed by atoms with van der Waals surface area (Å²) < 4.78 is 27.8. The van der Waals surface area contributed by atoms with Gasteiger partial charge in [-0.3, -0.25) is 25.2 Å². The second-order valence-corrected chi connectivity index (χ2v) is 10.1. The van der Waals surface area contributed by atoms with Crippen LogP contribution in [-0.4, -0.2) is 20.2 Å². The first-order valence-corrected chi connectivity index (χ1v) is 12.7. The third-order valence-electron chi connectivity index (χ3n) is 5.00. The summed E-state index contributed by atoms with van der Waals surface area (Å²) in [4.78, 5) is 26.0. The number of anilines is 1. The van der Waals surface area contributed by atoms with Gasteiger partial charge in [0, 0.05) is 0 Å². The molecule has 0 unspecified atom stereocenters. The quantitative estimate of drug-likeness (QED) is 0.338. The van der Waals surface area contributed by atoms with Gasteiger partial charge in [-0.15, -0.1) is 11.3 Å². The van der Waals surface area contributed by atoms with Crippen LogP contribution in [0.1, 0.15) is 27.4 Å². The third-order valence-corrected chi connectivity index (χ3v) is 7.77. The lowest BCUT2D eigenvalue weighted by Gasteiger charge is -2.18. The van der Waals surface area contributed by atoms with E-state index in [9.17, 15) is 18.0 Å². The van der Waals surface area contributed by atoms with E-state index in [1.165, 1.54) is 18.2 Å². The molecule has 1 aromatic heterocycles. The van der Waals surface area contributed by atoms with Crippen molar-refractivity contribution in [2.24, 2.45) is 0 Å². The molecule has 172 valence electrons. The zero-order valence-corrected chi connectivity index (χ0v) is 19.5. The van der Waals surface area contributed by atoms with Gasteiger partial charge in [-0.25, -0.2) is 8.42 Å². The van der Waals surface area contributed by atoms with Crippen molar-refractivity contribution in [3.05, 3.63) is 119 Å². The van der Waals surface area contributed by atoms with Crippen LogP contribution in [0.2, 0.25) is 0 Å². The van der Waals surface area contributed by atoms with Crippen molar-refractivity contribution < 1.29 is 18.0 Å². The highest BCUT2D eigenvalue weighted by molar-refractivity contribution is 7.94. The molecule has 0 fully saturated rings. The van der Waals surface area contributed by atoms with Crippen LogP contribution in [0, 0.1) is 0 Å². The van der Waals surface area contributed by atoms with Crippen molar-refractivity contribution >= 4 is 38.9 Å². The van der Waals surface area contributed by atoms with E-state index in [-0.39, 0.29) is 15.5 Å². The number of sulfonamides is 1. The topological polar surface area (TPSA) is 104 Å². The number of nitrogens with one attached hydrogen (secondary N) is 3. The summed E-state index contributed by atoms with van der Waals surface area (Å²) in [6.45, 7) is 0. The van der Waals surface area contributed by atoms with E-state index < -0.39 is 27.8 Å². The van der Waals surface area contributed by atoms with Crippen LogP contribution >= 0.6 is 11.3 Å². The van der Waals surface area contributed by atoms with E-state index in [1.807, 2.05) is 60.7 Å². The molecule has 3 N–H and O–H groups in total. The molecule has 7 nitrogen and oxygen atoms in total. The van der Waals surface area contributed by atoms with Crippen LogP contribution in [0.4, 0.5) is 5.69 Å². The zero-order chi connectivity index (χ0) is 24.0. The predicted octanol–water partition coefficient (Wildman–Crippen LogP) is 4.14. The van der Waals surface area contributed by atoms with E-state index in [4.69, 9.17) is 0 Å². The minimum atomic E-state index is -3.84. The Balaban J connectivity index is 1.52. The number of carbonyl (C=O) groups excluding carboxylic acids is 2. The van der Waals surface area contributed by atoms with Gasteiger partial charge in [-0.05, 0) is 34.7 Å². The lowest BCUT2D eigenvalue weighted by Crippen LogP contribution is -2.44. The molecular weight excluding hydrogens is 470 g/mol. The Kier molecular flexibility index (Phi) is 7.05. The number of carbonyl (C=O) groups is 2. The van der Waals surface area contributed by atoms with Gasteiger partial charge in [0.15, 0.2) is 0 Å². The maximum absolute atomic E-state index is 13.1. The molecule has 0 aliphatic rings. The van der Waals surface area contributed by atoms with E-state index in [0.29, 0.717) is 0 Å². The lowest BCUT2D eigenvalue weighted by molar-refractivity contribution is -0.122. The van der Waals surface area contributed by atoms with Gasteiger partial charge in [0.2, 0.25) is 5.91 Å². The summed E-state index contributed by atoms with van der Waals surface area (Å²) in [5.74, 6) is -1.73. The number of hydrogen-bond donors (Lipinski definition) is 3. The zero-order valence-electron chi connectivity index (χ0n) is 17.8. The van der Waals surface area contributed by atoms with Crippen LogP contribution in [0.3, 0.4) is 0 Å². The molecular formula is C25H21N3O4S2. The second-order valence-electron chi connectivity index (χ2n) is 7.28. The van der Waals surface area contributed by atoms with Gasteiger partial charge in [-0.2, -0.15) is 0 Å². The van der Waals surface area contributed by atoms with Crippen LogP contribution in [0.25, 0.3) is 0 Å². The fourth-order valence-corrected chi connectivity index (χ4v) is 5.50.